The summed E-state index contributed by atoms with van der Waals surface area (Å²) in [5.74, 6) is 7.00. The Morgan fingerprint density at radius 3 is 1.12 bits per heavy atom. The Hall–Kier alpha value is -15.0. The highest BCUT2D eigenvalue weighted by Gasteiger charge is 2.43. The fourth-order valence-electron chi connectivity index (χ4n) is 17.5. The smallest absolute Gasteiger partial charge is 0.293 e. The van der Waals surface area contributed by atoms with E-state index in [1.807, 2.05) is 193 Å². The van der Waals surface area contributed by atoms with E-state index >= 15 is 0 Å². The molecule has 4 aliphatic rings. The standard InChI is InChI=1S/2C28H27N3O2.C22H23NO4.C21H23NO3.C6H8N2.C3H6O2/c1-33-26-15-9-8-14-24(26)27(32)29-20-28(22-10-4-2-5-11-22)17-16-25-21(18-28)19-31(30-25)23-12-6-3-7-13-23;1-33-26-15-9-8-14-24(26)27(32)29-20-28(22-10-4-2-5-11-22)17-16-25-21(18-28)19-30-31(25)23-12-6-3-7-13-23;1-27-20-10-6-5-9-18(20)21(26)23-15-22(17-7-3-2-4-8-17)12-11-19(25)16(13-22)14-24;1-25-19-10-6-5-9-18(19)20(24)22-15-21(13-11-17(23)12-14-21)16-7-3-2-4-8-16;7-8-6-4-2-1-3-5-6;1-2-5-3-4/h2*2-15,19H,16-18,20H2,1H3,(H,29,32);2-10,14,24H,11-13,15H2,1H3,(H,23,26);2-10H,11-15H2,1H3,(H,22,24);1-5,8H,7H2;3H,2H2,1H3/b;;16-14-;;;. The van der Waals surface area contributed by atoms with E-state index in [0.717, 1.165) is 85.9 Å². The zero-order valence-corrected chi connectivity index (χ0v) is 74.7. The third-order valence-electron chi connectivity index (χ3n) is 24.7. The quantitative estimate of drug-likeness (QED) is 0.00919. The lowest BCUT2D eigenvalue weighted by atomic mass is 9.67. The van der Waals surface area contributed by atoms with E-state index < -0.39 is 5.41 Å². The van der Waals surface area contributed by atoms with Gasteiger partial charge in [-0.3, -0.25) is 39.4 Å². The first kappa shape index (κ1) is 95.1. The number of aliphatic hydroxyl groups excluding tert-OH is 1. The number of rotatable bonds is 25. The van der Waals surface area contributed by atoms with E-state index in [4.69, 9.17) is 35.0 Å². The zero-order chi connectivity index (χ0) is 92.3. The summed E-state index contributed by atoms with van der Waals surface area (Å²) in [6, 6.07) is 100. The highest BCUT2D eigenvalue weighted by atomic mass is 16.5. The number of aromatic nitrogens is 4. The number of hydrazine groups is 1. The van der Waals surface area contributed by atoms with Crippen molar-refractivity contribution < 1.29 is 62.4 Å². The number of nitrogens with two attached hydrogens (primary N) is 1. The second-order valence-corrected chi connectivity index (χ2v) is 32.6. The molecule has 8 N–H and O–H groups in total. The molecule has 3 atom stereocenters. The van der Waals surface area contributed by atoms with Crippen molar-refractivity contribution in [2.75, 3.05) is 66.7 Å². The summed E-state index contributed by atoms with van der Waals surface area (Å²) in [4.78, 5) is 84.5. The van der Waals surface area contributed by atoms with Crippen molar-refractivity contribution in [3.05, 3.63) is 401 Å². The summed E-state index contributed by atoms with van der Waals surface area (Å²) in [5.41, 5.74) is 16.6. The molecule has 17 rings (SSSR count). The van der Waals surface area contributed by atoms with Crippen LogP contribution in [0.2, 0.25) is 0 Å². The number of nitrogens with zero attached hydrogens (tertiary/aromatic N) is 4. The molecule has 2 aromatic heterocycles. The Morgan fingerprint density at radius 2 is 0.748 bits per heavy atom. The van der Waals surface area contributed by atoms with Gasteiger partial charge in [0.1, 0.15) is 28.8 Å². The number of methoxy groups -OCH3 is 4. The predicted molar refractivity (Wildman–Crippen MR) is 510 cm³/mol. The molecule has 3 unspecified atom stereocenters. The van der Waals surface area contributed by atoms with Gasteiger partial charge in [0, 0.05) is 90.3 Å². The normalized spacial score (nSPS) is 16.9. The van der Waals surface area contributed by atoms with Crippen molar-refractivity contribution >= 4 is 47.4 Å². The SMILES string of the molecule is CCOC=O.COc1ccccc1C(=O)NCC1(c2ccccc2)CCC(=O)/C(=C\O)C1.COc1ccccc1C(=O)NCC1(c2ccccc2)CCC(=O)CC1.COc1ccccc1C(=O)NCC1(c2ccccc2)CCc2c(cnn2-c2ccccc2)C1.COc1ccccc1C(=O)NCC1(c2ccccc2)CCc2nn(-c3ccccc3)cc2C1.NNc1ccccc1. The lowest BCUT2D eigenvalue weighted by Crippen LogP contribution is -2.44. The number of carbonyl (C=O) groups is 7. The van der Waals surface area contributed by atoms with Crippen LogP contribution in [-0.4, -0.2) is 128 Å². The third-order valence-corrected chi connectivity index (χ3v) is 24.7. The number of aliphatic hydroxyl groups is 1. The molecule has 0 bridgehead atoms. The number of hydrogen-bond donors (Lipinski definition) is 7. The molecule has 0 saturated heterocycles. The molecule has 13 aromatic rings. The molecule has 2 heterocycles. The van der Waals surface area contributed by atoms with E-state index in [9.17, 15) is 38.7 Å². The summed E-state index contributed by atoms with van der Waals surface area (Å²) in [6.07, 6.45) is 14.3. The number of ether oxygens (including phenoxy) is 5. The van der Waals surface area contributed by atoms with Gasteiger partial charge in [-0.25, -0.2) is 9.36 Å². The number of allylic oxidation sites excluding steroid dienone is 1. The van der Waals surface area contributed by atoms with Gasteiger partial charge >= 0.3 is 0 Å². The maximum absolute atomic E-state index is 13.1. The lowest BCUT2D eigenvalue weighted by Gasteiger charge is -2.38. The van der Waals surface area contributed by atoms with Crippen LogP contribution in [-0.2, 0) is 66.5 Å². The summed E-state index contributed by atoms with van der Waals surface area (Å²) < 4.78 is 29.5. The number of amides is 4. The average molecular weight is 1760 g/mol. The van der Waals surface area contributed by atoms with Gasteiger partial charge in [-0.05, 0) is 189 Å². The van der Waals surface area contributed by atoms with Gasteiger partial charge in [-0.1, -0.05) is 224 Å². The summed E-state index contributed by atoms with van der Waals surface area (Å²) in [7, 11) is 6.27. The first-order chi connectivity index (χ1) is 64.0. The fourth-order valence-corrected chi connectivity index (χ4v) is 17.5. The number of anilines is 1. The van der Waals surface area contributed by atoms with Crippen LogP contribution >= 0.6 is 0 Å². The zero-order valence-electron chi connectivity index (χ0n) is 74.7. The Morgan fingerprint density at radius 1 is 0.412 bits per heavy atom. The molecule has 0 spiro atoms. The number of ketones is 2. The van der Waals surface area contributed by atoms with E-state index in [2.05, 4.69) is 127 Å². The number of benzene rings is 11. The maximum Gasteiger partial charge on any atom is 0.293 e. The van der Waals surface area contributed by atoms with Gasteiger partial charge in [-0.15, -0.1) is 0 Å². The molecular weight excluding hydrogens is 1650 g/mol. The van der Waals surface area contributed by atoms with E-state index in [-0.39, 0.29) is 45.7 Å². The van der Waals surface area contributed by atoms with E-state index in [0.29, 0.717) is 128 Å². The fraction of sp³-hybridized carbons (Fsp3) is 0.250. The van der Waals surface area contributed by atoms with Crippen LogP contribution in [0.5, 0.6) is 23.0 Å². The summed E-state index contributed by atoms with van der Waals surface area (Å²) >= 11 is 0. The summed E-state index contributed by atoms with van der Waals surface area (Å²) in [6.45, 7) is 4.63. The number of carbonyl (C=O) groups excluding carboxylic acids is 7. The van der Waals surface area contributed by atoms with E-state index in [1.54, 1.807) is 70.7 Å². The number of nitrogen functional groups attached to an aromatic ring is 1. The number of nitrogens with one attached hydrogen (secondary N) is 5. The largest absolute Gasteiger partial charge is 0.515 e. The minimum atomic E-state index is -0.443. The van der Waals surface area contributed by atoms with Crippen LogP contribution in [0.25, 0.3) is 11.4 Å². The molecule has 4 aliphatic carbocycles. The van der Waals surface area contributed by atoms with Crippen molar-refractivity contribution in [3.8, 4) is 34.4 Å². The predicted octanol–water partition coefficient (Wildman–Crippen LogP) is 17.7. The molecule has 0 aliphatic heterocycles. The Labute approximate surface area is 765 Å². The van der Waals surface area contributed by atoms with Gasteiger partial charge < -0.3 is 55.5 Å². The number of Topliss-reactive ketones (excluding diaryl/α,β-unsaturated/α-hetero) is 2. The molecular formula is C108H114N10O13. The van der Waals surface area contributed by atoms with Crippen LogP contribution in [0.4, 0.5) is 5.69 Å². The highest BCUT2D eigenvalue weighted by molar-refractivity contribution is 5.99. The van der Waals surface area contributed by atoms with Crippen LogP contribution in [0.15, 0.2) is 334 Å². The first-order valence-corrected chi connectivity index (χ1v) is 44.0. The Bertz CT molecular complexity index is 5810. The Kier molecular flexibility index (Phi) is 34.3. The van der Waals surface area contributed by atoms with Crippen molar-refractivity contribution in [1.82, 2.24) is 40.8 Å². The monoisotopic (exact) mass is 1760 g/mol. The molecule has 23 nitrogen and oxygen atoms in total. The molecule has 2 fully saturated rings. The topological polar surface area (TPSA) is 308 Å². The van der Waals surface area contributed by atoms with Crippen LogP contribution in [0.3, 0.4) is 0 Å². The van der Waals surface area contributed by atoms with Crippen molar-refractivity contribution in [2.24, 2.45) is 5.84 Å². The van der Waals surface area contributed by atoms with Crippen LogP contribution in [0.1, 0.15) is 151 Å². The van der Waals surface area contributed by atoms with Gasteiger partial charge in [0.15, 0.2) is 5.78 Å². The minimum absolute atomic E-state index is 0.0416. The second kappa shape index (κ2) is 47.2. The number of fused-ring (bicyclic) bond motifs is 2. The summed E-state index contributed by atoms with van der Waals surface area (Å²) in [5, 5.41) is 31.5. The van der Waals surface area contributed by atoms with Gasteiger partial charge in [0.05, 0.1) is 86.8 Å². The van der Waals surface area contributed by atoms with Crippen molar-refractivity contribution in [1.29, 1.82) is 0 Å². The van der Waals surface area contributed by atoms with Crippen molar-refractivity contribution in [2.45, 2.75) is 112 Å². The van der Waals surface area contributed by atoms with Gasteiger partial charge in [0.2, 0.25) is 0 Å². The lowest BCUT2D eigenvalue weighted by molar-refractivity contribution is -0.128. The average Bonchev–Trinajstić information content (AvgIpc) is 1.70. The van der Waals surface area contributed by atoms with Crippen LogP contribution < -0.4 is 51.5 Å². The molecule has 131 heavy (non-hydrogen) atoms. The second-order valence-electron chi connectivity index (χ2n) is 32.6. The maximum atomic E-state index is 13.1. The van der Waals surface area contributed by atoms with E-state index in [1.165, 1.54) is 40.6 Å². The molecule has 0 radical (unpaired) electrons. The van der Waals surface area contributed by atoms with Crippen molar-refractivity contribution in [3.63, 3.8) is 0 Å². The minimum Gasteiger partial charge on any atom is -0.515 e. The first-order valence-electron chi connectivity index (χ1n) is 44.0. The van der Waals surface area contributed by atoms with Gasteiger partial charge in [0.25, 0.3) is 30.1 Å². The highest BCUT2D eigenvalue weighted by Crippen LogP contribution is 2.44. The molecule has 674 valence electrons. The molecule has 4 amide bonds. The van der Waals surface area contributed by atoms with Crippen LogP contribution in [0, 0.1) is 0 Å². The molecule has 11 aromatic carbocycles. The third kappa shape index (κ3) is 24.5. The molecule has 23 heteroatoms. The number of hydrogen-bond acceptors (Lipinski definition) is 17. The van der Waals surface area contributed by atoms with Gasteiger partial charge in [-0.2, -0.15) is 10.2 Å². The number of aryl methyl sites for hydroxylation is 1. The number of para-hydroxylation sites is 7. The molecule has 2 saturated carbocycles. The Balaban J connectivity index is 0.000000151.